The second-order valence-electron chi connectivity index (χ2n) is 4.21. The monoisotopic (exact) mass is 193 g/mol. The summed E-state index contributed by atoms with van der Waals surface area (Å²) in [5.74, 6) is 1.56. The molecule has 2 aliphatic rings. The minimum Gasteiger partial charge on any atom is -0.428 e. The smallest absolute Gasteiger partial charge is 0.292 e. The van der Waals surface area contributed by atoms with Crippen molar-refractivity contribution in [1.82, 2.24) is 10.3 Å². The highest BCUT2D eigenvalue weighted by Crippen LogP contribution is 2.37. The summed E-state index contributed by atoms with van der Waals surface area (Å²) < 4.78 is 5.50. The first-order valence-electron chi connectivity index (χ1n) is 5.33. The number of rotatable bonds is 0. The van der Waals surface area contributed by atoms with E-state index < -0.39 is 0 Å². The number of nitrogen functional groups attached to an aromatic ring is 1. The highest BCUT2D eigenvalue weighted by molar-refractivity contribution is 5.27. The highest BCUT2D eigenvalue weighted by atomic mass is 16.4. The largest absolute Gasteiger partial charge is 0.428 e. The first-order valence-corrected chi connectivity index (χ1v) is 5.33. The van der Waals surface area contributed by atoms with E-state index in [1.165, 1.54) is 19.3 Å². The first-order chi connectivity index (χ1) is 6.84. The Labute approximate surface area is 82.9 Å². The van der Waals surface area contributed by atoms with Crippen molar-refractivity contribution < 1.29 is 4.42 Å². The normalized spacial score (nSPS) is 30.9. The second-order valence-corrected chi connectivity index (χ2v) is 4.21. The zero-order valence-electron chi connectivity index (χ0n) is 8.12. The van der Waals surface area contributed by atoms with Crippen molar-refractivity contribution in [2.24, 2.45) is 0 Å². The summed E-state index contributed by atoms with van der Waals surface area (Å²) in [5, 5.41) is 3.54. The first kappa shape index (κ1) is 8.29. The molecule has 0 amide bonds. The summed E-state index contributed by atoms with van der Waals surface area (Å²) in [5.41, 5.74) is 6.67. The average molecular weight is 193 g/mol. The Kier molecular flexibility index (Phi) is 1.77. The summed E-state index contributed by atoms with van der Waals surface area (Å²) in [7, 11) is 0. The molecule has 3 rings (SSSR count). The number of nitrogens with one attached hydrogen (secondary N) is 1. The predicted molar refractivity (Wildman–Crippen MR) is 53.0 cm³/mol. The van der Waals surface area contributed by atoms with Gasteiger partial charge < -0.3 is 15.5 Å². The van der Waals surface area contributed by atoms with Crippen LogP contribution in [0.25, 0.3) is 0 Å². The Morgan fingerprint density at radius 1 is 1.43 bits per heavy atom. The molecule has 1 aromatic rings. The third-order valence-electron chi connectivity index (χ3n) is 3.36. The number of anilines is 1. The summed E-state index contributed by atoms with van der Waals surface area (Å²) >= 11 is 0. The number of hydrogen-bond donors (Lipinski definition) is 2. The molecule has 1 aliphatic carbocycles. The summed E-state index contributed by atoms with van der Waals surface area (Å²) in [6.45, 7) is 1.14. The number of oxazole rings is 1. The van der Waals surface area contributed by atoms with E-state index in [9.17, 15) is 0 Å². The molecule has 0 bridgehead atoms. The van der Waals surface area contributed by atoms with Crippen LogP contribution in [0.1, 0.15) is 36.6 Å². The van der Waals surface area contributed by atoms with E-state index in [0.29, 0.717) is 18.0 Å². The molecule has 1 fully saturated rings. The zero-order chi connectivity index (χ0) is 9.54. The van der Waals surface area contributed by atoms with Gasteiger partial charge in [0.15, 0.2) is 0 Å². The summed E-state index contributed by atoms with van der Waals surface area (Å²) in [4.78, 5) is 4.23. The van der Waals surface area contributed by atoms with Gasteiger partial charge in [0.1, 0.15) is 5.76 Å². The molecular formula is C10H15N3O. The van der Waals surface area contributed by atoms with Crippen molar-refractivity contribution in [3.63, 3.8) is 0 Å². The number of aromatic nitrogens is 1. The van der Waals surface area contributed by atoms with Gasteiger partial charge in [-0.3, -0.25) is 0 Å². The van der Waals surface area contributed by atoms with Gasteiger partial charge in [-0.25, -0.2) is 0 Å². The predicted octanol–water partition coefficient (Wildman–Crippen LogP) is 1.04. The molecule has 2 unspecified atom stereocenters. The molecule has 76 valence electrons. The van der Waals surface area contributed by atoms with Crippen molar-refractivity contribution in [2.45, 2.75) is 37.6 Å². The molecule has 0 radical (unpaired) electrons. The van der Waals surface area contributed by atoms with Crippen LogP contribution in [0.5, 0.6) is 0 Å². The van der Waals surface area contributed by atoms with Crippen LogP contribution in [-0.2, 0) is 6.42 Å². The molecule has 3 N–H and O–H groups in total. The van der Waals surface area contributed by atoms with Crippen LogP contribution in [-0.4, -0.2) is 17.6 Å². The Morgan fingerprint density at radius 3 is 3.29 bits per heavy atom. The van der Waals surface area contributed by atoms with Gasteiger partial charge in [-0.1, -0.05) is 0 Å². The van der Waals surface area contributed by atoms with E-state index in [4.69, 9.17) is 10.2 Å². The van der Waals surface area contributed by atoms with Gasteiger partial charge in [-0.15, -0.1) is 0 Å². The van der Waals surface area contributed by atoms with E-state index in [1.807, 2.05) is 0 Å². The molecule has 1 saturated heterocycles. The van der Waals surface area contributed by atoms with Crippen LogP contribution in [0.4, 0.5) is 6.01 Å². The van der Waals surface area contributed by atoms with Crippen LogP contribution in [0.15, 0.2) is 4.42 Å². The average Bonchev–Trinajstić information content (AvgIpc) is 2.59. The molecule has 0 spiro atoms. The van der Waals surface area contributed by atoms with Crippen LogP contribution in [0, 0.1) is 0 Å². The molecular weight excluding hydrogens is 178 g/mol. The lowest BCUT2D eigenvalue weighted by Crippen LogP contribution is -2.42. The quantitative estimate of drug-likeness (QED) is 0.646. The minimum atomic E-state index is 0.334. The second kappa shape index (κ2) is 2.98. The summed E-state index contributed by atoms with van der Waals surface area (Å²) in [6.07, 6.45) is 4.61. The maximum Gasteiger partial charge on any atom is 0.292 e. The van der Waals surface area contributed by atoms with Crippen molar-refractivity contribution in [3.05, 3.63) is 11.5 Å². The molecule has 0 aromatic carbocycles. The molecule has 1 aromatic heterocycles. The fourth-order valence-corrected chi connectivity index (χ4v) is 2.71. The molecule has 0 saturated carbocycles. The number of hydrogen-bond acceptors (Lipinski definition) is 4. The van der Waals surface area contributed by atoms with E-state index >= 15 is 0 Å². The molecule has 1 aliphatic heterocycles. The summed E-state index contributed by atoms with van der Waals surface area (Å²) in [6, 6.07) is 0.921. The third kappa shape index (κ3) is 1.14. The maximum atomic E-state index is 5.58. The lowest BCUT2D eigenvalue weighted by atomic mass is 9.81. The Balaban J connectivity index is 1.98. The topological polar surface area (TPSA) is 64.1 Å². The molecule has 2 heterocycles. The van der Waals surface area contributed by atoms with E-state index in [0.717, 1.165) is 24.4 Å². The van der Waals surface area contributed by atoms with Gasteiger partial charge >= 0.3 is 0 Å². The Morgan fingerprint density at radius 2 is 2.36 bits per heavy atom. The van der Waals surface area contributed by atoms with Crippen LogP contribution in [0.3, 0.4) is 0 Å². The van der Waals surface area contributed by atoms with Gasteiger partial charge in [0.05, 0.1) is 5.69 Å². The third-order valence-corrected chi connectivity index (χ3v) is 3.36. The van der Waals surface area contributed by atoms with Crippen molar-refractivity contribution in [1.29, 1.82) is 0 Å². The van der Waals surface area contributed by atoms with E-state index in [-0.39, 0.29) is 0 Å². The van der Waals surface area contributed by atoms with E-state index in [2.05, 4.69) is 10.3 Å². The highest BCUT2D eigenvalue weighted by Gasteiger charge is 2.35. The lowest BCUT2D eigenvalue weighted by molar-refractivity contribution is 0.282. The number of aryl methyl sites for hydroxylation is 1. The number of nitrogens with zero attached hydrogens (tertiary/aromatic N) is 1. The number of nitrogens with two attached hydrogens (primary N) is 1. The lowest BCUT2D eigenvalue weighted by Gasteiger charge is -2.34. The van der Waals surface area contributed by atoms with Crippen LogP contribution < -0.4 is 11.1 Å². The van der Waals surface area contributed by atoms with Gasteiger partial charge in [0.2, 0.25) is 0 Å². The number of fused-ring (bicyclic) bond motifs is 3. The fourth-order valence-electron chi connectivity index (χ4n) is 2.71. The Bertz CT molecular complexity index is 347. The SMILES string of the molecule is Nc1nc2c(o1)C1CCCNC1CC2. The maximum absolute atomic E-state index is 5.58. The van der Waals surface area contributed by atoms with Crippen molar-refractivity contribution in [2.75, 3.05) is 12.3 Å². The standard InChI is InChI=1S/C10H15N3O/c11-10-13-8-4-3-7-6(9(8)14-10)2-1-5-12-7/h6-7,12H,1-5H2,(H2,11,13). The van der Waals surface area contributed by atoms with Gasteiger partial charge in [0.25, 0.3) is 6.01 Å². The van der Waals surface area contributed by atoms with Gasteiger partial charge in [-0.2, -0.15) is 4.98 Å². The van der Waals surface area contributed by atoms with Gasteiger partial charge in [0, 0.05) is 12.0 Å². The van der Waals surface area contributed by atoms with E-state index in [1.54, 1.807) is 0 Å². The van der Waals surface area contributed by atoms with Crippen molar-refractivity contribution >= 4 is 6.01 Å². The molecule has 4 nitrogen and oxygen atoms in total. The van der Waals surface area contributed by atoms with Crippen LogP contribution in [0.2, 0.25) is 0 Å². The Hall–Kier alpha value is -1.03. The molecule has 2 atom stereocenters. The van der Waals surface area contributed by atoms with Gasteiger partial charge in [-0.05, 0) is 32.2 Å². The van der Waals surface area contributed by atoms with Crippen molar-refractivity contribution in [3.8, 4) is 0 Å². The zero-order valence-corrected chi connectivity index (χ0v) is 8.12. The fraction of sp³-hybridized carbons (Fsp3) is 0.700. The minimum absolute atomic E-state index is 0.334. The van der Waals surface area contributed by atoms with Crippen LogP contribution >= 0.6 is 0 Å². The molecule has 4 heteroatoms. The number of piperidine rings is 1. The molecule has 14 heavy (non-hydrogen) atoms.